The number of hydrogen-bond donors (Lipinski definition) is 1. The molecule has 0 aliphatic heterocycles. The average Bonchev–Trinajstić information content (AvgIpc) is 3.09. The molecule has 0 unspecified atom stereocenters. The highest BCUT2D eigenvalue weighted by atomic mass is 16.6. The van der Waals surface area contributed by atoms with Crippen molar-refractivity contribution in [2.24, 2.45) is 5.73 Å². The fourth-order valence-corrected chi connectivity index (χ4v) is 3.24. The van der Waals surface area contributed by atoms with E-state index in [0.717, 1.165) is 41.2 Å². The Morgan fingerprint density at radius 1 is 1.10 bits per heavy atom. The summed E-state index contributed by atoms with van der Waals surface area (Å²) in [5, 5.41) is 4.58. The van der Waals surface area contributed by atoms with Crippen molar-refractivity contribution < 1.29 is 9.53 Å². The third kappa shape index (κ3) is 5.33. The molecule has 0 atom stereocenters. The van der Waals surface area contributed by atoms with Crippen LogP contribution in [0.1, 0.15) is 61.7 Å². The first-order chi connectivity index (χ1) is 14.3. The van der Waals surface area contributed by atoms with Crippen molar-refractivity contribution in [1.82, 2.24) is 14.8 Å². The molecule has 0 amide bonds. The normalized spacial score (nSPS) is 11.5. The average molecular weight is 407 g/mol. The lowest BCUT2D eigenvalue weighted by Gasteiger charge is -2.20. The minimum absolute atomic E-state index is 0.319. The number of nitrogens with zero attached hydrogens (tertiary/aromatic N) is 3. The predicted octanol–water partition coefficient (Wildman–Crippen LogP) is 4.36. The third-order valence-corrected chi connectivity index (χ3v) is 4.59. The summed E-state index contributed by atoms with van der Waals surface area (Å²) in [6.07, 6.45) is 1.85. The number of esters is 1. The van der Waals surface area contributed by atoms with Crippen LogP contribution in [-0.4, -0.2) is 26.3 Å². The van der Waals surface area contributed by atoms with Crippen molar-refractivity contribution in [1.29, 1.82) is 0 Å². The molecule has 2 aromatic carbocycles. The second kappa shape index (κ2) is 9.22. The second-order valence-electron chi connectivity index (χ2n) is 8.30. The lowest BCUT2D eigenvalue weighted by atomic mass is 9.98. The van der Waals surface area contributed by atoms with Crippen LogP contribution in [0.2, 0.25) is 0 Å². The molecule has 0 radical (unpaired) electrons. The summed E-state index contributed by atoms with van der Waals surface area (Å²) in [5.74, 6) is 1.31. The van der Waals surface area contributed by atoms with E-state index in [4.69, 9.17) is 10.5 Å². The Balaban J connectivity index is 1.83. The van der Waals surface area contributed by atoms with E-state index in [2.05, 4.69) is 17.0 Å². The largest absolute Gasteiger partial charge is 0.456 e. The van der Waals surface area contributed by atoms with Crippen LogP contribution in [0.3, 0.4) is 0 Å². The van der Waals surface area contributed by atoms with E-state index < -0.39 is 5.60 Å². The first-order valence-corrected chi connectivity index (χ1v) is 10.3. The Hall–Kier alpha value is -2.99. The fourth-order valence-electron chi connectivity index (χ4n) is 3.24. The summed E-state index contributed by atoms with van der Waals surface area (Å²) in [5.41, 5.74) is 8.77. The molecule has 6 nitrogen and oxygen atoms in total. The first kappa shape index (κ1) is 21.7. The van der Waals surface area contributed by atoms with Crippen LogP contribution >= 0.6 is 0 Å². The SMILES string of the molecule is CCCc1nc(CN)n(Cc2ccc(-c3ccccc3C(=O)OC(C)(C)C)cc2)n1. The van der Waals surface area contributed by atoms with E-state index >= 15 is 0 Å². The lowest BCUT2D eigenvalue weighted by molar-refractivity contribution is 0.00704. The monoisotopic (exact) mass is 406 g/mol. The Morgan fingerprint density at radius 3 is 2.43 bits per heavy atom. The van der Waals surface area contributed by atoms with Crippen molar-refractivity contribution in [3.05, 3.63) is 71.3 Å². The minimum Gasteiger partial charge on any atom is -0.456 e. The molecule has 2 N–H and O–H groups in total. The van der Waals surface area contributed by atoms with Crippen LogP contribution in [0.4, 0.5) is 0 Å². The van der Waals surface area contributed by atoms with Gasteiger partial charge in [-0.15, -0.1) is 0 Å². The van der Waals surface area contributed by atoms with E-state index in [1.807, 2.05) is 67.9 Å². The van der Waals surface area contributed by atoms with Gasteiger partial charge in [0.05, 0.1) is 18.7 Å². The van der Waals surface area contributed by atoms with Gasteiger partial charge in [0.1, 0.15) is 11.4 Å². The number of hydrogen-bond acceptors (Lipinski definition) is 5. The van der Waals surface area contributed by atoms with Gasteiger partial charge in [-0.3, -0.25) is 0 Å². The number of nitrogens with two attached hydrogens (primary N) is 1. The quantitative estimate of drug-likeness (QED) is 0.590. The smallest absolute Gasteiger partial charge is 0.339 e. The molecule has 1 heterocycles. The lowest BCUT2D eigenvalue weighted by Crippen LogP contribution is -2.24. The van der Waals surface area contributed by atoms with Gasteiger partial charge in [-0.05, 0) is 49.9 Å². The first-order valence-electron chi connectivity index (χ1n) is 10.3. The zero-order chi connectivity index (χ0) is 21.7. The molecule has 0 bridgehead atoms. The number of aryl methyl sites for hydroxylation is 1. The molecular formula is C24H30N4O2. The molecule has 3 aromatic rings. The van der Waals surface area contributed by atoms with Gasteiger partial charge in [-0.25, -0.2) is 14.5 Å². The molecule has 6 heteroatoms. The standard InChI is InChI=1S/C24H30N4O2/c1-5-8-21-26-22(15-25)28(27-21)16-17-11-13-18(14-12-17)19-9-6-7-10-20(19)23(29)30-24(2,3)4/h6-7,9-14H,5,8,15-16,25H2,1-4H3. The number of carbonyl (C=O) groups excluding carboxylic acids is 1. The van der Waals surface area contributed by atoms with Crippen LogP contribution in [0, 0.1) is 0 Å². The van der Waals surface area contributed by atoms with Gasteiger partial charge in [0.25, 0.3) is 0 Å². The maximum absolute atomic E-state index is 12.6. The Morgan fingerprint density at radius 2 is 1.80 bits per heavy atom. The molecule has 3 rings (SSSR count). The number of carbonyl (C=O) groups is 1. The van der Waals surface area contributed by atoms with Crippen LogP contribution in [0.15, 0.2) is 48.5 Å². The molecule has 1 aromatic heterocycles. The maximum atomic E-state index is 12.6. The van der Waals surface area contributed by atoms with Gasteiger partial charge in [-0.2, -0.15) is 5.10 Å². The van der Waals surface area contributed by atoms with Gasteiger partial charge in [0.2, 0.25) is 0 Å². The molecule has 158 valence electrons. The molecule has 30 heavy (non-hydrogen) atoms. The summed E-state index contributed by atoms with van der Waals surface area (Å²) in [4.78, 5) is 17.2. The molecule has 0 aliphatic carbocycles. The number of rotatable bonds is 7. The van der Waals surface area contributed by atoms with Crippen LogP contribution < -0.4 is 5.73 Å². The van der Waals surface area contributed by atoms with E-state index in [9.17, 15) is 4.79 Å². The third-order valence-electron chi connectivity index (χ3n) is 4.59. The van der Waals surface area contributed by atoms with Crippen LogP contribution in [-0.2, 0) is 24.2 Å². The fraction of sp³-hybridized carbons (Fsp3) is 0.375. The van der Waals surface area contributed by atoms with Crippen molar-refractivity contribution in [3.63, 3.8) is 0 Å². The molecular weight excluding hydrogens is 376 g/mol. The van der Waals surface area contributed by atoms with Crippen molar-refractivity contribution in [3.8, 4) is 11.1 Å². The van der Waals surface area contributed by atoms with E-state index in [0.29, 0.717) is 18.7 Å². The molecule has 0 saturated carbocycles. The van der Waals surface area contributed by atoms with E-state index in [1.165, 1.54) is 0 Å². The Kier molecular flexibility index (Phi) is 6.67. The van der Waals surface area contributed by atoms with Crippen LogP contribution in [0.25, 0.3) is 11.1 Å². The topological polar surface area (TPSA) is 83.0 Å². The Bertz CT molecular complexity index is 1000. The Labute approximate surface area is 178 Å². The second-order valence-corrected chi connectivity index (χ2v) is 8.30. The number of ether oxygens (including phenoxy) is 1. The number of aromatic nitrogens is 3. The molecule has 0 spiro atoms. The number of benzene rings is 2. The predicted molar refractivity (Wildman–Crippen MR) is 118 cm³/mol. The van der Waals surface area contributed by atoms with Gasteiger partial charge < -0.3 is 10.5 Å². The highest BCUT2D eigenvalue weighted by molar-refractivity contribution is 5.97. The van der Waals surface area contributed by atoms with Crippen molar-refractivity contribution in [2.75, 3.05) is 0 Å². The summed E-state index contributed by atoms with van der Waals surface area (Å²) in [6.45, 7) is 8.68. The highest BCUT2D eigenvalue weighted by Crippen LogP contribution is 2.26. The molecule has 0 saturated heterocycles. The maximum Gasteiger partial charge on any atom is 0.339 e. The minimum atomic E-state index is -0.539. The van der Waals surface area contributed by atoms with Gasteiger partial charge in [0.15, 0.2) is 5.82 Å². The van der Waals surface area contributed by atoms with Crippen molar-refractivity contribution >= 4 is 5.97 Å². The zero-order valence-corrected chi connectivity index (χ0v) is 18.2. The van der Waals surface area contributed by atoms with Gasteiger partial charge in [0, 0.05) is 6.42 Å². The van der Waals surface area contributed by atoms with Crippen LogP contribution in [0.5, 0.6) is 0 Å². The molecule has 0 aliphatic rings. The van der Waals surface area contributed by atoms with E-state index in [-0.39, 0.29) is 5.97 Å². The molecule has 0 fully saturated rings. The summed E-state index contributed by atoms with van der Waals surface area (Å²) < 4.78 is 7.44. The van der Waals surface area contributed by atoms with Crippen molar-refractivity contribution in [2.45, 2.75) is 59.2 Å². The highest BCUT2D eigenvalue weighted by Gasteiger charge is 2.20. The summed E-state index contributed by atoms with van der Waals surface area (Å²) >= 11 is 0. The summed E-state index contributed by atoms with van der Waals surface area (Å²) in [7, 11) is 0. The van der Waals surface area contributed by atoms with Gasteiger partial charge in [-0.1, -0.05) is 49.4 Å². The zero-order valence-electron chi connectivity index (χ0n) is 18.2. The summed E-state index contributed by atoms with van der Waals surface area (Å²) in [6, 6.07) is 15.6. The van der Waals surface area contributed by atoms with E-state index in [1.54, 1.807) is 6.07 Å². The van der Waals surface area contributed by atoms with Gasteiger partial charge >= 0.3 is 5.97 Å².